The monoisotopic (exact) mass is 345 g/mol. The van der Waals surface area contributed by atoms with Crippen molar-refractivity contribution in [3.8, 4) is 0 Å². The predicted octanol–water partition coefficient (Wildman–Crippen LogP) is 1.86. The number of rotatable bonds is 4. The van der Waals surface area contributed by atoms with Gasteiger partial charge in [0.25, 0.3) is 0 Å². The van der Waals surface area contributed by atoms with Crippen molar-refractivity contribution in [2.24, 2.45) is 11.7 Å². The molecule has 25 heavy (non-hydrogen) atoms. The number of benzene rings is 1. The Kier molecular flexibility index (Phi) is 5.77. The first-order chi connectivity index (χ1) is 12.0. The Balaban J connectivity index is 1.60. The second-order valence-electron chi connectivity index (χ2n) is 7.95. The summed E-state index contributed by atoms with van der Waals surface area (Å²) in [5.74, 6) is 0.367. The van der Waals surface area contributed by atoms with Gasteiger partial charge in [-0.3, -0.25) is 9.69 Å². The van der Waals surface area contributed by atoms with E-state index < -0.39 is 0 Å². The largest absolute Gasteiger partial charge is 0.381 e. The van der Waals surface area contributed by atoms with Gasteiger partial charge in [0.15, 0.2) is 0 Å². The Labute approximate surface area is 151 Å². The summed E-state index contributed by atoms with van der Waals surface area (Å²) in [6.45, 7) is 9.17. The van der Waals surface area contributed by atoms with Gasteiger partial charge >= 0.3 is 0 Å². The second-order valence-corrected chi connectivity index (χ2v) is 7.95. The minimum atomic E-state index is -0.389. The maximum Gasteiger partial charge on any atom is 0.239 e. The van der Waals surface area contributed by atoms with Crippen LogP contribution in [0, 0.1) is 5.92 Å². The van der Waals surface area contributed by atoms with Crippen molar-refractivity contribution in [2.75, 3.05) is 32.8 Å². The van der Waals surface area contributed by atoms with Crippen LogP contribution in [0.2, 0.25) is 0 Å². The fraction of sp³-hybridized carbons (Fsp3) is 0.650. The number of amides is 1. The molecular weight excluding hydrogens is 314 g/mol. The van der Waals surface area contributed by atoms with Crippen LogP contribution in [0.3, 0.4) is 0 Å². The van der Waals surface area contributed by atoms with Gasteiger partial charge in [-0.2, -0.15) is 0 Å². The van der Waals surface area contributed by atoms with Crippen molar-refractivity contribution in [3.05, 3.63) is 35.9 Å². The quantitative estimate of drug-likeness (QED) is 0.905. The van der Waals surface area contributed by atoms with Crippen LogP contribution in [0.5, 0.6) is 0 Å². The lowest BCUT2D eigenvalue weighted by atomic mass is 9.90. The lowest BCUT2D eigenvalue weighted by Crippen LogP contribution is -2.62. The van der Waals surface area contributed by atoms with E-state index in [1.807, 2.05) is 11.0 Å². The average Bonchev–Trinajstić information content (AvgIpc) is 2.63. The smallest absolute Gasteiger partial charge is 0.239 e. The molecule has 2 N–H and O–H groups in total. The molecule has 3 rings (SSSR count). The van der Waals surface area contributed by atoms with Gasteiger partial charge in [-0.25, -0.2) is 0 Å². The molecule has 0 radical (unpaired) electrons. The molecule has 1 aromatic carbocycles. The Bertz CT molecular complexity index is 570. The number of piperazine rings is 1. The molecule has 5 nitrogen and oxygen atoms in total. The van der Waals surface area contributed by atoms with Crippen molar-refractivity contribution in [1.29, 1.82) is 0 Å². The summed E-state index contributed by atoms with van der Waals surface area (Å²) in [6.07, 6.45) is 1.79. The number of hydrogen-bond donors (Lipinski definition) is 1. The summed E-state index contributed by atoms with van der Waals surface area (Å²) in [4.78, 5) is 17.3. The molecule has 1 amide bonds. The molecule has 2 aliphatic heterocycles. The van der Waals surface area contributed by atoms with E-state index in [1.165, 1.54) is 5.56 Å². The fourth-order valence-corrected chi connectivity index (χ4v) is 3.96. The summed E-state index contributed by atoms with van der Waals surface area (Å²) in [6, 6.07) is 10.1. The van der Waals surface area contributed by atoms with Crippen LogP contribution >= 0.6 is 0 Å². The Morgan fingerprint density at radius 2 is 1.92 bits per heavy atom. The van der Waals surface area contributed by atoms with Crippen LogP contribution in [0.25, 0.3) is 0 Å². The van der Waals surface area contributed by atoms with Gasteiger partial charge in [0, 0.05) is 44.9 Å². The fourth-order valence-electron chi connectivity index (χ4n) is 3.96. The SMILES string of the molecule is CC1(C)CN(C(=O)C(N)C2CCOCC2)CCN1Cc1ccccc1. The molecule has 0 aliphatic carbocycles. The van der Waals surface area contributed by atoms with Crippen molar-refractivity contribution in [3.63, 3.8) is 0 Å². The standard InChI is InChI=1S/C20H31N3O2/c1-20(2)15-22(19(24)18(21)17-8-12-25-13-9-17)10-11-23(20)14-16-6-4-3-5-7-16/h3-7,17-18H,8-15,21H2,1-2H3. The van der Waals surface area contributed by atoms with E-state index in [0.717, 1.165) is 52.2 Å². The number of nitrogens with two attached hydrogens (primary N) is 1. The van der Waals surface area contributed by atoms with Crippen molar-refractivity contribution < 1.29 is 9.53 Å². The van der Waals surface area contributed by atoms with Crippen LogP contribution in [0.15, 0.2) is 30.3 Å². The summed E-state index contributed by atoms with van der Waals surface area (Å²) in [5, 5.41) is 0. The third-order valence-electron chi connectivity index (χ3n) is 5.66. The summed E-state index contributed by atoms with van der Waals surface area (Å²) in [7, 11) is 0. The zero-order valence-corrected chi connectivity index (χ0v) is 15.5. The van der Waals surface area contributed by atoms with E-state index in [-0.39, 0.29) is 23.4 Å². The van der Waals surface area contributed by atoms with E-state index in [4.69, 9.17) is 10.5 Å². The van der Waals surface area contributed by atoms with Gasteiger partial charge in [-0.15, -0.1) is 0 Å². The van der Waals surface area contributed by atoms with Crippen LogP contribution in [-0.4, -0.2) is 60.1 Å². The van der Waals surface area contributed by atoms with Crippen molar-refractivity contribution >= 4 is 5.91 Å². The lowest BCUT2D eigenvalue weighted by molar-refractivity contribution is -0.140. The Hall–Kier alpha value is -1.43. The highest BCUT2D eigenvalue weighted by atomic mass is 16.5. The van der Waals surface area contributed by atoms with Gasteiger partial charge in [0.1, 0.15) is 0 Å². The third-order valence-corrected chi connectivity index (χ3v) is 5.66. The van der Waals surface area contributed by atoms with E-state index in [1.54, 1.807) is 0 Å². The van der Waals surface area contributed by atoms with Gasteiger partial charge in [-0.05, 0) is 38.2 Å². The molecule has 2 heterocycles. The molecular formula is C20H31N3O2. The third kappa shape index (κ3) is 4.40. The Morgan fingerprint density at radius 1 is 1.24 bits per heavy atom. The molecule has 0 bridgehead atoms. The molecule has 0 spiro atoms. The zero-order valence-electron chi connectivity index (χ0n) is 15.5. The summed E-state index contributed by atoms with van der Waals surface area (Å²) in [5.41, 5.74) is 7.57. The number of ether oxygens (including phenoxy) is 1. The number of nitrogens with zero attached hydrogens (tertiary/aromatic N) is 2. The first kappa shape index (κ1) is 18.4. The van der Waals surface area contributed by atoms with Crippen LogP contribution in [0.4, 0.5) is 0 Å². The number of hydrogen-bond acceptors (Lipinski definition) is 4. The van der Waals surface area contributed by atoms with E-state index in [2.05, 4.69) is 43.0 Å². The molecule has 1 aromatic rings. The van der Waals surface area contributed by atoms with E-state index in [9.17, 15) is 4.79 Å². The maximum atomic E-state index is 12.9. The minimum Gasteiger partial charge on any atom is -0.381 e. The summed E-state index contributed by atoms with van der Waals surface area (Å²) < 4.78 is 5.39. The molecule has 1 unspecified atom stereocenters. The molecule has 2 aliphatic rings. The van der Waals surface area contributed by atoms with Gasteiger partial charge in [0.2, 0.25) is 5.91 Å². The van der Waals surface area contributed by atoms with E-state index in [0.29, 0.717) is 0 Å². The highest BCUT2D eigenvalue weighted by Gasteiger charge is 2.38. The van der Waals surface area contributed by atoms with E-state index >= 15 is 0 Å². The molecule has 5 heteroatoms. The molecule has 0 saturated carbocycles. The maximum absolute atomic E-state index is 12.9. The van der Waals surface area contributed by atoms with Crippen molar-refractivity contribution in [2.45, 2.75) is 44.8 Å². The highest BCUT2D eigenvalue weighted by Crippen LogP contribution is 2.25. The molecule has 0 aromatic heterocycles. The minimum absolute atomic E-state index is 0.0564. The molecule has 2 fully saturated rings. The molecule has 138 valence electrons. The average molecular weight is 345 g/mol. The topological polar surface area (TPSA) is 58.8 Å². The number of carbonyl (C=O) groups is 1. The number of carbonyl (C=O) groups excluding carboxylic acids is 1. The first-order valence-electron chi connectivity index (χ1n) is 9.38. The highest BCUT2D eigenvalue weighted by molar-refractivity contribution is 5.82. The van der Waals surface area contributed by atoms with Crippen molar-refractivity contribution in [1.82, 2.24) is 9.80 Å². The predicted molar refractivity (Wildman–Crippen MR) is 99.0 cm³/mol. The molecule has 1 atom stereocenters. The van der Waals surface area contributed by atoms with Gasteiger partial charge in [-0.1, -0.05) is 30.3 Å². The van der Waals surface area contributed by atoms with Crippen LogP contribution in [0.1, 0.15) is 32.3 Å². The van der Waals surface area contributed by atoms with Crippen LogP contribution in [-0.2, 0) is 16.1 Å². The zero-order chi connectivity index (χ0) is 17.9. The second kappa shape index (κ2) is 7.85. The normalized spacial score (nSPS) is 23.4. The van der Waals surface area contributed by atoms with Gasteiger partial charge < -0.3 is 15.4 Å². The van der Waals surface area contributed by atoms with Crippen LogP contribution < -0.4 is 5.73 Å². The molecule has 2 saturated heterocycles. The lowest BCUT2D eigenvalue weighted by Gasteiger charge is -2.48. The first-order valence-corrected chi connectivity index (χ1v) is 9.38. The Morgan fingerprint density at radius 3 is 2.56 bits per heavy atom. The van der Waals surface area contributed by atoms with Gasteiger partial charge in [0.05, 0.1) is 6.04 Å². The summed E-state index contributed by atoms with van der Waals surface area (Å²) >= 11 is 0.